The van der Waals surface area contributed by atoms with Crippen molar-refractivity contribution in [3.05, 3.63) is 54.1 Å². The van der Waals surface area contributed by atoms with Gasteiger partial charge in [0.15, 0.2) is 0 Å². The molecule has 0 spiro atoms. The minimum absolute atomic E-state index is 0.0885. The number of carbonyl (C=O) groups excluding carboxylic acids is 3. The second-order valence-corrected chi connectivity index (χ2v) is 8.50. The molecule has 1 saturated heterocycles. The molecule has 2 unspecified atom stereocenters. The molecule has 10 heteroatoms. The van der Waals surface area contributed by atoms with Crippen LogP contribution < -0.4 is 30.7 Å². The molecule has 0 saturated carbocycles. The van der Waals surface area contributed by atoms with Crippen molar-refractivity contribution in [1.29, 1.82) is 0 Å². The quantitative estimate of drug-likeness (QED) is 0.417. The van der Waals surface area contributed by atoms with E-state index in [4.69, 9.17) is 9.47 Å². The summed E-state index contributed by atoms with van der Waals surface area (Å²) in [6, 6.07) is 14.4. The molecule has 3 rings (SSSR count). The van der Waals surface area contributed by atoms with Gasteiger partial charge in [0, 0.05) is 31.5 Å². The number of carbonyl (C=O) groups is 3. The van der Waals surface area contributed by atoms with E-state index in [0.717, 1.165) is 5.56 Å². The molecule has 2 atom stereocenters. The molecule has 33 heavy (non-hydrogen) atoms. The van der Waals surface area contributed by atoms with E-state index in [1.165, 1.54) is 18.9 Å². The second kappa shape index (κ2) is 12.1. The molecule has 1 heterocycles. The summed E-state index contributed by atoms with van der Waals surface area (Å²) in [6.45, 7) is 0.435. The number of methoxy groups -OCH3 is 2. The van der Waals surface area contributed by atoms with Crippen LogP contribution in [0.1, 0.15) is 18.4 Å². The average molecular weight is 473 g/mol. The Balaban J connectivity index is 1.46. The number of thioether (sulfide) groups is 1. The van der Waals surface area contributed by atoms with Gasteiger partial charge in [0.2, 0.25) is 17.7 Å². The van der Waals surface area contributed by atoms with Crippen LogP contribution in [0.25, 0.3) is 0 Å². The van der Waals surface area contributed by atoms with Gasteiger partial charge in [-0.25, -0.2) is 0 Å². The van der Waals surface area contributed by atoms with Gasteiger partial charge in [-0.2, -0.15) is 0 Å². The lowest BCUT2D eigenvalue weighted by Crippen LogP contribution is -2.56. The summed E-state index contributed by atoms with van der Waals surface area (Å²) >= 11 is 1.23. The maximum Gasteiger partial charge on any atom is 0.234 e. The number of nitrogens with one attached hydrogen (secondary N) is 4. The first-order valence-electron chi connectivity index (χ1n) is 10.5. The molecule has 4 N–H and O–H groups in total. The second-order valence-electron chi connectivity index (χ2n) is 7.41. The maximum atomic E-state index is 12.5. The summed E-state index contributed by atoms with van der Waals surface area (Å²) in [6.07, 6.45) is 0.369. The van der Waals surface area contributed by atoms with Crippen LogP contribution >= 0.6 is 11.8 Å². The zero-order valence-electron chi connectivity index (χ0n) is 18.6. The first-order chi connectivity index (χ1) is 16.0. The van der Waals surface area contributed by atoms with Crippen LogP contribution in [0.4, 0.5) is 5.69 Å². The Morgan fingerprint density at radius 2 is 1.88 bits per heavy atom. The third kappa shape index (κ3) is 7.69. The predicted octanol–water partition coefficient (Wildman–Crippen LogP) is 1.84. The molecular weight excluding hydrogens is 444 g/mol. The number of rotatable bonds is 10. The third-order valence-electron chi connectivity index (χ3n) is 4.94. The van der Waals surface area contributed by atoms with Gasteiger partial charge >= 0.3 is 0 Å². The lowest BCUT2D eigenvalue weighted by molar-refractivity contribution is -0.125. The van der Waals surface area contributed by atoms with Crippen LogP contribution in [0.2, 0.25) is 0 Å². The minimum Gasteiger partial charge on any atom is -0.497 e. The monoisotopic (exact) mass is 472 g/mol. The highest BCUT2D eigenvalue weighted by Crippen LogP contribution is 2.29. The summed E-state index contributed by atoms with van der Waals surface area (Å²) < 4.78 is 10.5. The Morgan fingerprint density at radius 1 is 1.09 bits per heavy atom. The lowest BCUT2D eigenvalue weighted by Gasteiger charge is -2.30. The van der Waals surface area contributed by atoms with E-state index in [-0.39, 0.29) is 42.4 Å². The smallest absolute Gasteiger partial charge is 0.234 e. The largest absolute Gasteiger partial charge is 0.497 e. The highest BCUT2D eigenvalue weighted by molar-refractivity contribution is 8.00. The van der Waals surface area contributed by atoms with Crippen molar-refractivity contribution in [1.82, 2.24) is 16.0 Å². The van der Waals surface area contributed by atoms with Crippen LogP contribution in [0, 0.1) is 0 Å². The van der Waals surface area contributed by atoms with Gasteiger partial charge < -0.3 is 25.4 Å². The first kappa shape index (κ1) is 24.4. The molecule has 2 aromatic carbocycles. The van der Waals surface area contributed by atoms with Crippen LogP contribution in [0.5, 0.6) is 11.5 Å². The summed E-state index contributed by atoms with van der Waals surface area (Å²) in [7, 11) is 3.06. The van der Waals surface area contributed by atoms with Crippen molar-refractivity contribution in [2.75, 3.05) is 25.3 Å². The van der Waals surface area contributed by atoms with E-state index in [1.807, 2.05) is 30.3 Å². The zero-order chi connectivity index (χ0) is 23.6. The van der Waals surface area contributed by atoms with E-state index in [1.54, 1.807) is 25.3 Å². The van der Waals surface area contributed by atoms with Crippen LogP contribution in [0.15, 0.2) is 48.5 Å². The van der Waals surface area contributed by atoms with Crippen molar-refractivity contribution in [2.24, 2.45) is 0 Å². The van der Waals surface area contributed by atoms with E-state index >= 15 is 0 Å². The number of anilines is 1. The van der Waals surface area contributed by atoms with Crippen molar-refractivity contribution < 1.29 is 23.9 Å². The Hall–Kier alpha value is -3.24. The number of hydrogen-bond donors (Lipinski definition) is 4. The molecule has 1 aliphatic heterocycles. The van der Waals surface area contributed by atoms with Gasteiger partial charge in [-0.15, -0.1) is 11.8 Å². The van der Waals surface area contributed by atoms with Crippen molar-refractivity contribution >= 4 is 35.2 Å². The molecule has 3 amide bonds. The Labute approximate surface area is 197 Å². The Bertz CT molecular complexity index is 973. The fourth-order valence-corrected chi connectivity index (χ4v) is 4.21. The van der Waals surface area contributed by atoms with Crippen LogP contribution in [0.3, 0.4) is 0 Å². The molecule has 1 fully saturated rings. The average Bonchev–Trinajstić information content (AvgIpc) is 2.81. The number of hydrogen-bond acceptors (Lipinski definition) is 7. The highest BCUT2D eigenvalue weighted by atomic mass is 32.2. The first-order valence-corrected chi connectivity index (χ1v) is 11.5. The predicted molar refractivity (Wildman–Crippen MR) is 127 cm³/mol. The van der Waals surface area contributed by atoms with Gasteiger partial charge in [0.25, 0.3) is 0 Å². The van der Waals surface area contributed by atoms with E-state index in [9.17, 15) is 14.4 Å². The topological polar surface area (TPSA) is 118 Å². The maximum absolute atomic E-state index is 12.5. The van der Waals surface area contributed by atoms with E-state index < -0.39 is 5.50 Å². The number of amides is 3. The number of benzene rings is 2. The minimum atomic E-state index is -0.476. The molecule has 1 aliphatic rings. The van der Waals surface area contributed by atoms with Crippen LogP contribution in [-0.4, -0.2) is 49.2 Å². The summed E-state index contributed by atoms with van der Waals surface area (Å²) in [5.74, 6) is 0.628. The third-order valence-corrected chi connectivity index (χ3v) is 5.95. The fourth-order valence-electron chi connectivity index (χ4n) is 3.31. The Morgan fingerprint density at radius 3 is 2.61 bits per heavy atom. The molecule has 2 aromatic rings. The van der Waals surface area contributed by atoms with Gasteiger partial charge in [0.1, 0.15) is 17.0 Å². The lowest BCUT2D eigenvalue weighted by atomic mass is 10.1. The fraction of sp³-hybridized carbons (Fsp3) is 0.348. The van der Waals surface area contributed by atoms with Gasteiger partial charge in [-0.3, -0.25) is 19.7 Å². The number of ether oxygens (including phenoxy) is 2. The molecule has 0 radical (unpaired) electrons. The van der Waals surface area contributed by atoms with Gasteiger partial charge in [0.05, 0.1) is 25.7 Å². The van der Waals surface area contributed by atoms with Crippen molar-refractivity contribution in [3.8, 4) is 11.5 Å². The Kier molecular flexibility index (Phi) is 8.96. The standard InChI is InChI=1S/C23H28N4O5S/c1-31-17-8-9-19(32-2)18(12-17)26-22(30)14-33-23-25-16(11-21(29)27-23)10-20(28)24-13-15-6-4-3-5-7-15/h3-9,12,16,23,25H,10-11,13-14H2,1-2H3,(H,24,28)(H,26,30)(H,27,29). The SMILES string of the molecule is COc1ccc(OC)c(NC(=O)CSC2NC(=O)CC(CC(=O)NCc3ccccc3)N2)c1. The van der Waals surface area contributed by atoms with E-state index in [0.29, 0.717) is 23.7 Å². The van der Waals surface area contributed by atoms with Crippen molar-refractivity contribution in [3.63, 3.8) is 0 Å². The molecular formula is C23H28N4O5S. The molecule has 176 valence electrons. The molecule has 0 aromatic heterocycles. The molecule has 9 nitrogen and oxygen atoms in total. The van der Waals surface area contributed by atoms with Gasteiger partial charge in [-0.1, -0.05) is 30.3 Å². The summed E-state index contributed by atoms with van der Waals surface area (Å²) in [4.78, 5) is 36.9. The molecule has 0 aliphatic carbocycles. The van der Waals surface area contributed by atoms with E-state index in [2.05, 4.69) is 21.3 Å². The molecule has 0 bridgehead atoms. The van der Waals surface area contributed by atoms with Crippen LogP contribution in [-0.2, 0) is 20.9 Å². The zero-order valence-corrected chi connectivity index (χ0v) is 19.4. The highest BCUT2D eigenvalue weighted by Gasteiger charge is 2.28. The normalized spacial score (nSPS) is 17.6. The van der Waals surface area contributed by atoms with Gasteiger partial charge in [-0.05, 0) is 17.7 Å². The summed E-state index contributed by atoms with van der Waals surface area (Å²) in [5, 5.41) is 11.7. The van der Waals surface area contributed by atoms with Crippen molar-refractivity contribution in [2.45, 2.75) is 30.9 Å². The summed E-state index contributed by atoms with van der Waals surface area (Å²) in [5.41, 5.74) is 1.03.